The van der Waals surface area contributed by atoms with Gasteiger partial charge in [-0.25, -0.2) is 9.34 Å². The first-order valence-corrected chi connectivity index (χ1v) is 6.90. The quantitative estimate of drug-likeness (QED) is 0.392. The first kappa shape index (κ1) is 11.6. The lowest BCUT2D eigenvalue weighted by molar-refractivity contribution is 0.139. The second-order valence-electron chi connectivity index (χ2n) is 4.26. The molecule has 2 rings (SSSR count). The normalized spacial score (nSPS) is 42.3. The second-order valence-corrected chi connectivity index (χ2v) is 6.53. The van der Waals surface area contributed by atoms with Gasteiger partial charge >= 0.3 is 7.67 Å². The van der Waals surface area contributed by atoms with E-state index in [1.807, 2.05) is 9.34 Å². The van der Waals surface area contributed by atoms with Gasteiger partial charge in [0.15, 0.2) is 0 Å². The van der Waals surface area contributed by atoms with Crippen LogP contribution in [0.1, 0.15) is 13.8 Å². The number of hydrogen-bond donors (Lipinski definition) is 0. The molecule has 2 aliphatic rings. The fraction of sp³-hybridized carbons (Fsp3) is 1.00. The zero-order chi connectivity index (χ0) is 11.1. The third-order valence-corrected chi connectivity index (χ3v) is 5.78. The van der Waals surface area contributed by atoms with Gasteiger partial charge in [-0.1, -0.05) is 0 Å². The Morgan fingerprint density at radius 3 is 2.00 bits per heavy atom. The third kappa shape index (κ3) is 2.27. The lowest BCUT2D eigenvalue weighted by Gasteiger charge is -2.20. The molecule has 4 unspecified atom stereocenters. The lowest BCUT2D eigenvalue weighted by atomic mass is 10.6. The van der Waals surface area contributed by atoms with Crippen LogP contribution in [0.4, 0.5) is 0 Å². The van der Waals surface area contributed by atoms with Gasteiger partial charge in [0.2, 0.25) is 0 Å². The molecule has 5 nitrogen and oxygen atoms in total. The van der Waals surface area contributed by atoms with E-state index in [1.165, 1.54) is 0 Å². The van der Waals surface area contributed by atoms with Crippen molar-refractivity contribution in [1.29, 1.82) is 0 Å². The summed E-state index contributed by atoms with van der Waals surface area (Å²) in [5.41, 5.74) is 0. The van der Waals surface area contributed by atoms with Gasteiger partial charge in [-0.3, -0.25) is 4.57 Å². The molecule has 88 valence electrons. The van der Waals surface area contributed by atoms with E-state index in [4.69, 9.17) is 9.26 Å². The Kier molecular flexibility index (Phi) is 3.20. The Bertz CT molecular complexity index is 267. The number of ether oxygens (including phenoxy) is 1. The van der Waals surface area contributed by atoms with Crippen LogP contribution in [-0.4, -0.2) is 54.8 Å². The molecule has 0 aromatic carbocycles. The molecule has 6 heteroatoms. The molecule has 0 aliphatic carbocycles. The van der Waals surface area contributed by atoms with Gasteiger partial charge in [0.25, 0.3) is 0 Å². The summed E-state index contributed by atoms with van der Waals surface area (Å²) in [5, 5.41) is 0. The highest BCUT2D eigenvalue weighted by molar-refractivity contribution is 7.54. The van der Waals surface area contributed by atoms with Crippen LogP contribution in [0.2, 0.25) is 0 Å². The van der Waals surface area contributed by atoms with Gasteiger partial charge in [-0.15, -0.1) is 0 Å². The van der Waals surface area contributed by atoms with Gasteiger partial charge < -0.3 is 9.26 Å². The van der Waals surface area contributed by atoms with Crippen molar-refractivity contribution in [1.82, 2.24) is 9.34 Å². The van der Waals surface area contributed by atoms with Crippen LogP contribution in [-0.2, 0) is 13.8 Å². The number of methoxy groups -OCH3 is 1. The average Bonchev–Trinajstić information content (AvgIpc) is 3.05. The van der Waals surface area contributed by atoms with Crippen LogP contribution in [0, 0.1) is 0 Å². The summed E-state index contributed by atoms with van der Waals surface area (Å²) >= 11 is 0. The standard InChI is InChI=1S/C9H19N2O3P/c1-8-6-10(8)15(12,11-7-9(11)2)14-5-4-13-3/h8-9H,4-7H2,1-3H3. The lowest BCUT2D eigenvalue weighted by Crippen LogP contribution is -2.13. The van der Waals surface area contributed by atoms with Crippen molar-refractivity contribution in [3.8, 4) is 0 Å². The fourth-order valence-corrected chi connectivity index (χ4v) is 4.47. The monoisotopic (exact) mass is 234 g/mol. The maximum atomic E-state index is 12.6. The van der Waals surface area contributed by atoms with E-state index in [0.29, 0.717) is 25.3 Å². The molecule has 0 N–H and O–H groups in total. The molecule has 0 amide bonds. The molecule has 2 heterocycles. The molecule has 0 aromatic heterocycles. The number of nitrogens with zero attached hydrogens (tertiary/aromatic N) is 2. The summed E-state index contributed by atoms with van der Waals surface area (Å²) in [6, 6.07) is 0.789. The minimum atomic E-state index is -2.70. The maximum absolute atomic E-state index is 12.6. The van der Waals surface area contributed by atoms with Crippen LogP contribution in [0.5, 0.6) is 0 Å². The van der Waals surface area contributed by atoms with Gasteiger partial charge in [0, 0.05) is 32.3 Å². The Labute approximate surface area is 90.9 Å². The van der Waals surface area contributed by atoms with E-state index in [1.54, 1.807) is 7.11 Å². The minimum Gasteiger partial charge on any atom is -0.382 e. The Hall–Kier alpha value is 0.0700. The summed E-state index contributed by atoms with van der Waals surface area (Å²) in [6.07, 6.45) is 0. The molecule has 15 heavy (non-hydrogen) atoms. The summed E-state index contributed by atoms with van der Waals surface area (Å²) < 4.78 is 27.0. The van der Waals surface area contributed by atoms with Gasteiger partial charge in [0.05, 0.1) is 13.2 Å². The number of hydrogen-bond acceptors (Lipinski definition) is 3. The van der Waals surface area contributed by atoms with Gasteiger partial charge in [0.1, 0.15) is 0 Å². The Morgan fingerprint density at radius 2 is 1.67 bits per heavy atom. The molecule has 4 atom stereocenters. The Balaban J connectivity index is 1.94. The first-order chi connectivity index (χ1) is 7.09. The molecule has 0 radical (unpaired) electrons. The van der Waals surface area contributed by atoms with Crippen molar-refractivity contribution < 1.29 is 13.8 Å². The fourth-order valence-electron chi connectivity index (χ4n) is 1.69. The second kappa shape index (κ2) is 4.15. The number of rotatable bonds is 6. The maximum Gasteiger partial charge on any atom is 0.346 e. The van der Waals surface area contributed by atoms with Crippen LogP contribution in [0.3, 0.4) is 0 Å². The summed E-state index contributed by atoms with van der Waals surface area (Å²) in [7, 11) is -1.08. The van der Waals surface area contributed by atoms with E-state index < -0.39 is 7.67 Å². The van der Waals surface area contributed by atoms with Crippen LogP contribution < -0.4 is 0 Å². The van der Waals surface area contributed by atoms with Crippen LogP contribution in [0.15, 0.2) is 0 Å². The SMILES string of the molecule is COCCOP(=O)(N1CC1C)N1CC1C. The van der Waals surface area contributed by atoms with Gasteiger partial charge in [-0.2, -0.15) is 0 Å². The molecule has 0 bridgehead atoms. The Morgan fingerprint density at radius 1 is 1.20 bits per heavy atom. The molecule has 2 aliphatic heterocycles. The van der Waals surface area contributed by atoms with E-state index in [2.05, 4.69) is 13.8 Å². The average molecular weight is 234 g/mol. The topological polar surface area (TPSA) is 41.5 Å². The van der Waals surface area contributed by atoms with E-state index >= 15 is 0 Å². The molecule has 2 saturated heterocycles. The zero-order valence-electron chi connectivity index (χ0n) is 9.55. The van der Waals surface area contributed by atoms with Crippen molar-refractivity contribution in [2.24, 2.45) is 0 Å². The van der Waals surface area contributed by atoms with Crippen molar-refractivity contribution >= 4 is 7.67 Å². The third-order valence-electron chi connectivity index (χ3n) is 2.85. The summed E-state index contributed by atoms with van der Waals surface area (Å²) in [5.74, 6) is 0. The van der Waals surface area contributed by atoms with Crippen LogP contribution in [0.25, 0.3) is 0 Å². The predicted molar refractivity (Wildman–Crippen MR) is 57.8 cm³/mol. The van der Waals surface area contributed by atoms with Crippen molar-refractivity contribution in [3.05, 3.63) is 0 Å². The summed E-state index contributed by atoms with van der Waals surface area (Å²) in [4.78, 5) is 0. The van der Waals surface area contributed by atoms with Gasteiger partial charge in [-0.05, 0) is 13.8 Å². The first-order valence-electron chi connectivity index (χ1n) is 5.37. The minimum absolute atomic E-state index is 0.395. The van der Waals surface area contributed by atoms with E-state index in [-0.39, 0.29) is 0 Å². The van der Waals surface area contributed by atoms with Crippen molar-refractivity contribution in [2.75, 3.05) is 33.4 Å². The smallest absolute Gasteiger partial charge is 0.346 e. The largest absolute Gasteiger partial charge is 0.382 e. The van der Waals surface area contributed by atoms with E-state index in [0.717, 1.165) is 13.1 Å². The highest BCUT2D eigenvalue weighted by atomic mass is 31.2. The van der Waals surface area contributed by atoms with Crippen molar-refractivity contribution in [3.63, 3.8) is 0 Å². The molecule has 2 fully saturated rings. The molecule has 0 aromatic rings. The molecular formula is C9H19N2O3P. The predicted octanol–water partition coefficient (Wildman–Crippen LogP) is 1.17. The molecular weight excluding hydrogens is 215 g/mol. The highest BCUT2D eigenvalue weighted by Gasteiger charge is 2.56. The van der Waals surface area contributed by atoms with E-state index in [9.17, 15) is 4.57 Å². The highest BCUT2D eigenvalue weighted by Crippen LogP contribution is 2.64. The van der Waals surface area contributed by atoms with Crippen LogP contribution >= 0.6 is 7.67 Å². The summed E-state index contributed by atoms with van der Waals surface area (Å²) in [6.45, 7) is 6.80. The van der Waals surface area contributed by atoms with Crippen molar-refractivity contribution in [2.45, 2.75) is 25.9 Å². The molecule has 0 spiro atoms. The zero-order valence-corrected chi connectivity index (χ0v) is 10.4. The molecule has 0 saturated carbocycles.